The summed E-state index contributed by atoms with van der Waals surface area (Å²) in [6.45, 7) is 11.1. The average molecular weight is 529 g/mol. The minimum absolute atomic E-state index is 0.168. The van der Waals surface area contributed by atoms with E-state index in [2.05, 4.69) is 69.4 Å². The van der Waals surface area contributed by atoms with E-state index in [9.17, 15) is 4.79 Å². The van der Waals surface area contributed by atoms with E-state index in [4.69, 9.17) is 4.74 Å². The molecule has 0 N–H and O–H groups in total. The van der Waals surface area contributed by atoms with E-state index >= 15 is 0 Å². The molecule has 0 saturated heterocycles. The summed E-state index contributed by atoms with van der Waals surface area (Å²) in [6, 6.07) is 10.8. The molecule has 0 fully saturated rings. The molecule has 2 aromatic carbocycles. The number of benzene rings is 2. The second-order valence-electron chi connectivity index (χ2n) is 8.70. The Kier molecular flexibility index (Phi) is 11.0. The van der Waals surface area contributed by atoms with Gasteiger partial charge in [0.25, 0.3) is 0 Å². The van der Waals surface area contributed by atoms with Gasteiger partial charge < -0.3 is 4.74 Å². The molecule has 5 heteroatoms. The van der Waals surface area contributed by atoms with Gasteiger partial charge in [-0.05, 0) is 84.1 Å². The lowest BCUT2D eigenvalue weighted by Crippen LogP contribution is -2.15. The molecule has 3 rings (SSSR count). The summed E-state index contributed by atoms with van der Waals surface area (Å²) in [5.74, 6) is 12.2. The molecule has 0 saturated carbocycles. The molecule has 2 aromatic rings. The third kappa shape index (κ3) is 7.06. The molecule has 35 heavy (non-hydrogen) atoms. The van der Waals surface area contributed by atoms with Crippen molar-refractivity contribution in [3.8, 4) is 17.6 Å². The first kappa shape index (κ1) is 28.1. The van der Waals surface area contributed by atoms with Crippen molar-refractivity contribution in [2.24, 2.45) is 0 Å². The van der Waals surface area contributed by atoms with Crippen LogP contribution in [0.4, 0.5) is 0 Å². The van der Waals surface area contributed by atoms with Crippen molar-refractivity contribution in [1.29, 1.82) is 0 Å². The first-order valence-corrected chi connectivity index (χ1v) is 17.5. The van der Waals surface area contributed by atoms with Crippen LogP contribution >= 0.6 is 31.6 Å². The molecular weight excluding hydrogens is 489 g/mol. The third-order valence-electron chi connectivity index (χ3n) is 6.35. The van der Waals surface area contributed by atoms with Crippen LogP contribution in [-0.2, 0) is 17.6 Å². The molecule has 0 radical (unpaired) electrons. The Hall–Kier alpha value is -1.48. The molecule has 1 aliphatic rings. The lowest BCUT2D eigenvalue weighted by atomic mass is 10.0. The number of hydrogen-bond donors (Lipinski definition) is 0. The van der Waals surface area contributed by atoms with Gasteiger partial charge in [-0.15, -0.1) is 22.6 Å². The largest absolute Gasteiger partial charge is 0.426 e. The van der Waals surface area contributed by atoms with Crippen LogP contribution in [0.2, 0.25) is 0 Å². The summed E-state index contributed by atoms with van der Waals surface area (Å²) >= 11 is 1.89. The highest BCUT2D eigenvalue weighted by atomic mass is 33.2. The van der Waals surface area contributed by atoms with Gasteiger partial charge in [0, 0.05) is 27.3 Å². The van der Waals surface area contributed by atoms with E-state index in [1.165, 1.54) is 40.6 Å². The fourth-order valence-electron chi connectivity index (χ4n) is 4.54. The smallest absolute Gasteiger partial charge is 0.311 e. The molecular formula is C30H40O2S3. The molecule has 0 bridgehead atoms. The molecule has 1 heterocycles. The van der Waals surface area contributed by atoms with Gasteiger partial charge in [0.1, 0.15) is 5.75 Å². The van der Waals surface area contributed by atoms with Crippen molar-refractivity contribution in [1.82, 2.24) is 0 Å². The van der Waals surface area contributed by atoms with Crippen LogP contribution in [-0.4, -0.2) is 29.0 Å². The fourth-order valence-corrected chi connectivity index (χ4v) is 12.0. The Balaban J connectivity index is 2.02. The van der Waals surface area contributed by atoms with Crippen LogP contribution in [0.25, 0.3) is 0 Å². The van der Waals surface area contributed by atoms with Gasteiger partial charge in [0.2, 0.25) is 0 Å². The zero-order valence-electron chi connectivity index (χ0n) is 22.0. The van der Waals surface area contributed by atoms with E-state index in [1.54, 1.807) is 10.5 Å². The number of unbranched alkanes of at least 4 members (excludes halogenated alkanes) is 1. The van der Waals surface area contributed by atoms with Gasteiger partial charge in [-0.2, -0.15) is 9.06 Å². The summed E-state index contributed by atoms with van der Waals surface area (Å²) in [5.41, 5.74) is 4.83. The van der Waals surface area contributed by atoms with Gasteiger partial charge in [0.15, 0.2) is 0 Å². The number of esters is 1. The number of carbonyl (C=O) groups excluding carboxylic acids is 1. The van der Waals surface area contributed by atoms with Crippen LogP contribution in [0, 0.1) is 11.8 Å². The lowest BCUT2D eigenvalue weighted by molar-refractivity contribution is -0.134. The summed E-state index contributed by atoms with van der Waals surface area (Å²) in [6.07, 6.45) is 5.67. The lowest BCUT2D eigenvalue weighted by Gasteiger charge is -2.43. The third-order valence-corrected chi connectivity index (χ3v) is 14.8. The van der Waals surface area contributed by atoms with Crippen molar-refractivity contribution < 1.29 is 9.53 Å². The zero-order valence-corrected chi connectivity index (χ0v) is 24.4. The fraction of sp³-hybridized carbons (Fsp3) is 0.500. The molecule has 0 amide bonds. The molecule has 1 atom stereocenters. The SMILES string of the molecule is CCCCC(=O)Oc1ccc(CC)c(C#Cc2cc3c(cc2SCC)CCCS3(CC)SCC)c1. The van der Waals surface area contributed by atoms with E-state index < -0.39 is 9.06 Å². The Morgan fingerprint density at radius 3 is 2.51 bits per heavy atom. The number of thioether (sulfide) groups is 1. The predicted molar refractivity (Wildman–Crippen MR) is 158 cm³/mol. The number of ether oxygens (including phenoxy) is 1. The summed E-state index contributed by atoms with van der Waals surface area (Å²) in [5, 5.41) is 0. The molecule has 2 nitrogen and oxygen atoms in total. The molecule has 0 aliphatic carbocycles. The maximum Gasteiger partial charge on any atom is 0.311 e. The monoisotopic (exact) mass is 528 g/mol. The van der Waals surface area contributed by atoms with Crippen LogP contribution < -0.4 is 4.74 Å². The first-order valence-electron chi connectivity index (χ1n) is 13.1. The minimum Gasteiger partial charge on any atom is -0.426 e. The van der Waals surface area contributed by atoms with Crippen molar-refractivity contribution in [3.05, 3.63) is 52.6 Å². The molecule has 190 valence electrons. The highest BCUT2D eigenvalue weighted by molar-refractivity contribution is 8.94. The Morgan fingerprint density at radius 2 is 1.83 bits per heavy atom. The topological polar surface area (TPSA) is 26.3 Å². The molecule has 1 unspecified atom stereocenters. The highest BCUT2D eigenvalue weighted by Gasteiger charge is 2.31. The van der Waals surface area contributed by atoms with Gasteiger partial charge in [-0.1, -0.05) is 58.9 Å². The van der Waals surface area contributed by atoms with Crippen LogP contribution in [0.1, 0.15) is 82.6 Å². The van der Waals surface area contributed by atoms with E-state index in [0.717, 1.165) is 36.1 Å². The average Bonchev–Trinajstić information content (AvgIpc) is 2.87. The standard InChI is InChI=1S/C30H40O2S3/c1-6-11-14-30(31)32-27-18-17-23(7-2)24(20-27)15-16-25-22-29-26(21-28(25)33-8-3)13-12-19-35(29,10-5)34-9-4/h17-18,20-22H,6-14,19H2,1-5H3. The number of rotatable bonds is 10. The van der Waals surface area contributed by atoms with Crippen LogP contribution in [0.5, 0.6) is 5.75 Å². The van der Waals surface area contributed by atoms with Gasteiger partial charge >= 0.3 is 5.97 Å². The second kappa shape index (κ2) is 13.7. The highest BCUT2D eigenvalue weighted by Crippen LogP contribution is 2.69. The molecule has 0 aromatic heterocycles. The predicted octanol–water partition coefficient (Wildman–Crippen LogP) is 8.65. The summed E-state index contributed by atoms with van der Waals surface area (Å²) < 4.78 is 5.60. The van der Waals surface area contributed by atoms with Crippen molar-refractivity contribution >= 4 is 37.6 Å². The zero-order chi connectivity index (χ0) is 25.3. The van der Waals surface area contributed by atoms with E-state index in [0.29, 0.717) is 12.2 Å². The first-order chi connectivity index (χ1) is 17.0. The van der Waals surface area contributed by atoms with Gasteiger partial charge in [-0.25, -0.2) is 0 Å². The van der Waals surface area contributed by atoms with Crippen LogP contribution in [0.3, 0.4) is 0 Å². The number of hydrogen-bond acceptors (Lipinski definition) is 4. The normalized spacial score (nSPS) is 18.7. The van der Waals surface area contributed by atoms with Crippen molar-refractivity contribution in [3.63, 3.8) is 0 Å². The summed E-state index contributed by atoms with van der Waals surface area (Å²) in [4.78, 5) is 15.0. The van der Waals surface area contributed by atoms with Crippen LogP contribution in [0.15, 0.2) is 40.1 Å². The maximum atomic E-state index is 12.2. The van der Waals surface area contributed by atoms with Gasteiger partial charge in [-0.3, -0.25) is 4.79 Å². The van der Waals surface area contributed by atoms with Crippen molar-refractivity contribution in [2.45, 2.75) is 82.9 Å². The maximum absolute atomic E-state index is 12.2. The Bertz CT molecular complexity index is 1080. The van der Waals surface area contributed by atoms with Gasteiger partial charge in [0.05, 0.1) is 0 Å². The second-order valence-corrected chi connectivity index (χ2v) is 16.5. The molecule has 0 spiro atoms. The Labute approximate surface area is 222 Å². The minimum atomic E-state index is -0.841. The van der Waals surface area contributed by atoms with E-state index in [-0.39, 0.29) is 5.97 Å². The van der Waals surface area contributed by atoms with Crippen molar-refractivity contribution in [2.75, 3.05) is 23.0 Å². The number of aryl methyl sites for hydroxylation is 2. The Morgan fingerprint density at radius 1 is 1.03 bits per heavy atom. The quantitative estimate of drug-likeness (QED) is 0.101. The number of carbonyl (C=O) groups is 1. The molecule has 1 aliphatic heterocycles. The van der Waals surface area contributed by atoms with E-state index in [1.807, 2.05) is 30.0 Å². The summed E-state index contributed by atoms with van der Waals surface area (Å²) in [7, 11) is 1.34. The number of fused-ring (bicyclic) bond motifs is 1.